The van der Waals surface area contributed by atoms with E-state index in [1.54, 1.807) is 6.20 Å². The number of anilines is 1. The van der Waals surface area contributed by atoms with Gasteiger partial charge in [0.05, 0.1) is 5.52 Å². The van der Waals surface area contributed by atoms with E-state index in [0.717, 1.165) is 20.9 Å². The molecule has 0 saturated carbocycles. The molecule has 1 aromatic carbocycles. The normalized spacial score (nSPS) is 11.3. The Labute approximate surface area is 94.4 Å². The second-order valence-electron chi connectivity index (χ2n) is 3.43. The molecule has 3 rings (SSSR count). The first-order chi connectivity index (χ1) is 7.25. The van der Waals surface area contributed by atoms with Gasteiger partial charge in [-0.05, 0) is 18.2 Å². The summed E-state index contributed by atoms with van der Waals surface area (Å²) >= 11 is 3.44. The van der Waals surface area contributed by atoms with E-state index in [2.05, 4.69) is 32.0 Å². The number of fused-ring (bicyclic) bond motifs is 3. The summed E-state index contributed by atoms with van der Waals surface area (Å²) in [4.78, 5) is 7.33. The Bertz CT molecular complexity index is 657. The molecule has 2 heterocycles. The highest BCUT2D eigenvalue weighted by Crippen LogP contribution is 2.29. The van der Waals surface area contributed by atoms with Crippen molar-refractivity contribution >= 4 is 43.6 Å². The molecule has 4 heteroatoms. The highest BCUT2D eigenvalue weighted by molar-refractivity contribution is 9.10. The predicted octanol–water partition coefficient (Wildman–Crippen LogP) is 3.06. The van der Waals surface area contributed by atoms with Crippen LogP contribution in [0.1, 0.15) is 0 Å². The molecule has 0 atom stereocenters. The van der Waals surface area contributed by atoms with Crippen molar-refractivity contribution in [2.75, 3.05) is 5.73 Å². The van der Waals surface area contributed by atoms with Crippen molar-refractivity contribution in [3.63, 3.8) is 0 Å². The van der Waals surface area contributed by atoms with E-state index in [9.17, 15) is 0 Å². The fourth-order valence-corrected chi connectivity index (χ4v) is 2.18. The first-order valence-electron chi connectivity index (χ1n) is 4.57. The van der Waals surface area contributed by atoms with Crippen LogP contribution in [0, 0.1) is 0 Å². The molecule has 0 aliphatic carbocycles. The summed E-state index contributed by atoms with van der Waals surface area (Å²) in [5.74, 6) is 0.542. The Morgan fingerprint density at radius 2 is 2.07 bits per heavy atom. The largest absolute Gasteiger partial charge is 0.382 e. The molecule has 0 spiro atoms. The van der Waals surface area contributed by atoms with Crippen LogP contribution >= 0.6 is 15.9 Å². The van der Waals surface area contributed by atoms with E-state index in [4.69, 9.17) is 5.73 Å². The van der Waals surface area contributed by atoms with Gasteiger partial charge in [-0.15, -0.1) is 0 Å². The third-order valence-electron chi connectivity index (χ3n) is 2.51. The number of hydrogen-bond donors (Lipinski definition) is 2. The Balaban J connectivity index is 2.57. The zero-order valence-corrected chi connectivity index (χ0v) is 9.38. The minimum Gasteiger partial charge on any atom is -0.382 e. The van der Waals surface area contributed by atoms with Gasteiger partial charge in [-0.1, -0.05) is 22.0 Å². The molecular formula is C11H8BrN3. The summed E-state index contributed by atoms with van der Waals surface area (Å²) in [6, 6.07) is 8.09. The zero-order chi connectivity index (χ0) is 10.4. The number of nitrogens with zero attached hydrogens (tertiary/aromatic N) is 1. The fraction of sp³-hybridized carbons (Fsp3) is 0. The lowest BCUT2D eigenvalue weighted by Gasteiger charge is -1.93. The van der Waals surface area contributed by atoms with Crippen LogP contribution in [0.4, 0.5) is 5.82 Å². The number of hydrogen-bond acceptors (Lipinski definition) is 2. The average Bonchev–Trinajstić information content (AvgIpc) is 2.57. The first kappa shape index (κ1) is 8.73. The average molecular weight is 262 g/mol. The van der Waals surface area contributed by atoms with Gasteiger partial charge >= 0.3 is 0 Å². The van der Waals surface area contributed by atoms with Crippen LogP contribution in [0.5, 0.6) is 0 Å². The van der Waals surface area contributed by atoms with Gasteiger partial charge in [0.25, 0.3) is 0 Å². The fourth-order valence-electron chi connectivity index (χ4n) is 1.82. The summed E-state index contributed by atoms with van der Waals surface area (Å²) in [5, 5.41) is 2.28. The van der Waals surface area contributed by atoms with Crippen molar-refractivity contribution in [1.29, 1.82) is 0 Å². The molecule has 0 saturated heterocycles. The maximum absolute atomic E-state index is 5.80. The molecular weight excluding hydrogens is 254 g/mol. The Hall–Kier alpha value is -1.55. The minimum atomic E-state index is 0.542. The maximum Gasteiger partial charge on any atom is 0.147 e. The van der Waals surface area contributed by atoms with Crippen molar-refractivity contribution in [2.45, 2.75) is 0 Å². The molecule has 0 unspecified atom stereocenters. The summed E-state index contributed by atoms with van der Waals surface area (Å²) in [7, 11) is 0. The SMILES string of the molecule is Nc1nccc2c1[nH]c1cc(Br)ccc12. The predicted molar refractivity (Wildman–Crippen MR) is 65.7 cm³/mol. The molecule has 0 fully saturated rings. The number of H-pyrrole nitrogens is 1. The van der Waals surface area contributed by atoms with E-state index in [1.807, 2.05) is 18.2 Å². The van der Waals surface area contributed by atoms with Gasteiger partial charge in [-0.3, -0.25) is 0 Å². The summed E-state index contributed by atoms with van der Waals surface area (Å²) in [6.07, 6.45) is 1.73. The lowest BCUT2D eigenvalue weighted by atomic mass is 10.2. The summed E-state index contributed by atoms with van der Waals surface area (Å²) in [6.45, 7) is 0. The monoisotopic (exact) mass is 261 g/mol. The number of pyridine rings is 1. The Morgan fingerprint density at radius 3 is 2.93 bits per heavy atom. The lowest BCUT2D eigenvalue weighted by Crippen LogP contribution is -1.89. The quantitative estimate of drug-likeness (QED) is 0.654. The van der Waals surface area contributed by atoms with Crippen molar-refractivity contribution in [3.8, 4) is 0 Å². The molecule has 15 heavy (non-hydrogen) atoms. The number of nitrogen functional groups attached to an aromatic ring is 1. The van der Waals surface area contributed by atoms with Crippen LogP contribution in [-0.2, 0) is 0 Å². The molecule has 0 bridgehead atoms. The van der Waals surface area contributed by atoms with E-state index in [0.29, 0.717) is 5.82 Å². The third-order valence-corrected chi connectivity index (χ3v) is 3.01. The molecule has 0 aliphatic rings. The van der Waals surface area contributed by atoms with E-state index in [-0.39, 0.29) is 0 Å². The number of aromatic amines is 1. The maximum atomic E-state index is 5.80. The van der Waals surface area contributed by atoms with Crippen molar-refractivity contribution < 1.29 is 0 Å². The Kier molecular flexibility index (Phi) is 1.73. The van der Waals surface area contributed by atoms with Gasteiger partial charge in [-0.25, -0.2) is 4.98 Å². The van der Waals surface area contributed by atoms with Crippen LogP contribution in [0.15, 0.2) is 34.9 Å². The van der Waals surface area contributed by atoms with Crippen LogP contribution < -0.4 is 5.73 Å². The van der Waals surface area contributed by atoms with Crippen molar-refractivity contribution in [3.05, 3.63) is 34.9 Å². The second kappa shape index (κ2) is 2.97. The number of nitrogens with one attached hydrogen (secondary N) is 1. The van der Waals surface area contributed by atoms with Gasteiger partial charge in [0.2, 0.25) is 0 Å². The lowest BCUT2D eigenvalue weighted by molar-refractivity contribution is 1.35. The van der Waals surface area contributed by atoms with Gasteiger partial charge in [0.1, 0.15) is 5.82 Å². The van der Waals surface area contributed by atoms with Crippen LogP contribution in [-0.4, -0.2) is 9.97 Å². The van der Waals surface area contributed by atoms with Gasteiger partial charge in [-0.2, -0.15) is 0 Å². The molecule has 0 radical (unpaired) electrons. The zero-order valence-electron chi connectivity index (χ0n) is 7.79. The van der Waals surface area contributed by atoms with Crippen LogP contribution in [0.25, 0.3) is 21.8 Å². The van der Waals surface area contributed by atoms with Crippen LogP contribution in [0.2, 0.25) is 0 Å². The van der Waals surface area contributed by atoms with E-state index >= 15 is 0 Å². The molecule has 74 valence electrons. The molecule has 0 aliphatic heterocycles. The molecule has 3 nitrogen and oxygen atoms in total. The summed E-state index contributed by atoms with van der Waals surface area (Å²) < 4.78 is 1.05. The van der Waals surface area contributed by atoms with Gasteiger partial charge in [0, 0.05) is 27.0 Å². The topological polar surface area (TPSA) is 54.7 Å². The first-order valence-corrected chi connectivity index (χ1v) is 5.36. The molecule has 3 N–H and O–H groups in total. The Morgan fingerprint density at radius 1 is 1.20 bits per heavy atom. The minimum absolute atomic E-state index is 0.542. The summed E-state index contributed by atoms with van der Waals surface area (Å²) in [5.41, 5.74) is 7.78. The number of rotatable bonds is 0. The van der Waals surface area contributed by atoms with E-state index in [1.165, 1.54) is 5.39 Å². The number of benzene rings is 1. The molecule has 3 aromatic rings. The number of halogens is 1. The second-order valence-corrected chi connectivity index (χ2v) is 4.35. The smallest absolute Gasteiger partial charge is 0.147 e. The highest BCUT2D eigenvalue weighted by atomic mass is 79.9. The molecule has 0 amide bonds. The number of nitrogens with two attached hydrogens (primary N) is 1. The third kappa shape index (κ3) is 1.22. The highest BCUT2D eigenvalue weighted by Gasteiger charge is 2.06. The van der Waals surface area contributed by atoms with E-state index < -0.39 is 0 Å². The van der Waals surface area contributed by atoms with Gasteiger partial charge < -0.3 is 10.7 Å². The number of aromatic nitrogens is 2. The molecule has 2 aromatic heterocycles. The van der Waals surface area contributed by atoms with Crippen molar-refractivity contribution in [1.82, 2.24) is 9.97 Å². The van der Waals surface area contributed by atoms with Gasteiger partial charge in [0.15, 0.2) is 0 Å². The standard InChI is InChI=1S/C11H8BrN3/c12-6-1-2-7-8-3-4-14-11(13)10(8)15-9(7)5-6/h1-5,15H,(H2,13,14). The van der Waals surface area contributed by atoms with Crippen LogP contribution in [0.3, 0.4) is 0 Å². The van der Waals surface area contributed by atoms with Crippen molar-refractivity contribution in [2.24, 2.45) is 0 Å².